The summed E-state index contributed by atoms with van der Waals surface area (Å²) >= 11 is 0. The van der Waals surface area contributed by atoms with Crippen molar-refractivity contribution in [2.24, 2.45) is 11.0 Å². The molecule has 1 saturated carbocycles. The second-order valence-corrected chi connectivity index (χ2v) is 7.21. The number of hydrogen-bond donors (Lipinski definition) is 1. The third-order valence-corrected chi connectivity index (χ3v) is 4.66. The van der Waals surface area contributed by atoms with E-state index in [0.717, 1.165) is 32.8 Å². The Labute approximate surface area is 190 Å². The van der Waals surface area contributed by atoms with Crippen LogP contribution in [0.4, 0.5) is 0 Å². The minimum absolute atomic E-state index is 0. The van der Waals surface area contributed by atoms with Crippen LogP contribution < -0.4 is 15.6 Å². The molecule has 0 aromatic rings. The summed E-state index contributed by atoms with van der Waals surface area (Å²) in [6.07, 6.45) is 16.4. The fourth-order valence-corrected chi connectivity index (χ4v) is 3.48. The van der Waals surface area contributed by atoms with Crippen LogP contribution in [0.3, 0.4) is 0 Å². The van der Waals surface area contributed by atoms with E-state index in [9.17, 15) is 0 Å². The van der Waals surface area contributed by atoms with E-state index in [4.69, 9.17) is 30.2 Å². The average Bonchev–Trinajstić information content (AvgIpc) is 2.70. The maximum absolute atomic E-state index is 8.89. The first-order valence-electron chi connectivity index (χ1n) is 10.3. The monoisotopic (exact) mass is 459 g/mol. The molecule has 0 spiro atoms. The summed E-state index contributed by atoms with van der Waals surface area (Å²) in [5.41, 5.74) is 4.48. The molecule has 1 N–H and O–H groups in total. The fraction of sp³-hybridized carbons (Fsp3) is 0.667. The van der Waals surface area contributed by atoms with Gasteiger partial charge in [-0.25, -0.2) is 0 Å². The summed E-state index contributed by atoms with van der Waals surface area (Å²) < 4.78 is 0. The number of aliphatic carboxylic acids is 2. The van der Waals surface area contributed by atoms with Crippen molar-refractivity contribution in [2.75, 3.05) is 13.1 Å². The van der Waals surface area contributed by atoms with Crippen LogP contribution >= 0.6 is 0 Å². The summed E-state index contributed by atoms with van der Waals surface area (Å²) in [6, 6.07) is 0.342. The van der Waals surface area contributed by atoms with Gasteiger partial charge in [0, 0.05) is 17.7 Å². The van der Waals surface area contributed by atoms with Gasteiger partial charge in [-0.2, -0.15) is 0 Å². The summed E-state index contributed by atoms with van der Waals surface area (Å²) in [4.78, 5) is 17.8. The molecule has 0 aromatic heterocycles. The molecule has 30 heavy (non-hydrogen) atoms. The van der Waals surface area contributed by atoms with Gasteiger partial charge in [0.2, 0.25) is 0 Å². The van der Waals surface area contributed by atoms with Crippen LogP contribution in [0.25, 0.3) is 10.6 Å². The Bertz CT molecular complexity index is 556. The Morgan fingerprint density at radius 3 is 2.13 bits per heavy atom. The van der Waals surface area contributed by atoms with Crippen LogP contribution in [0, 0.1) is 5.92 Å². The molecule has 9 heteroatoms. The quantitative estimate of drug-likeness (QED) is 0.388. The number of rotatable bonds is 4. The van der Waals surface area contributed by atoms with E-state index in [0.29, 0.717) is 12.0 Å². The summed E-state index contributed by atoms with van der Waals surface area (Å²) in [7, 11) is 0. The van der Waals surface area contributed by atoms with E-state index in [1.807, 2.05) is 18.2 Å². The molecule has 1 aliphatic carbocycles. The fourth-order valence-electron chi connectivity index (χ4n) is 3.48. The van der Waals surface area contributed by atoms with Gasteiger partial charge in [0.05, 0.1) is 0 Å². The largest absolute Gasteiger partial charge is 2.00 e. The number of carboxylic acid groups (broad SMARTS) is 2. The van der Waals surface area contributed by atoms with Gasteiger partial charge >= 0.3 is 17.1 Å². The standard InChI is InChI=1S/C17H26N4.2C2H4O2.Mn/c1-2-8-14(9-3-1)17(15-10-4-6-12-18-15)21-20-16-11-5-7-13-19-16;2*1-2(3)4;/h5,7,11,14-15,20H,1-4,6,8-10,12-13H2;2*1H3,(H,3,4);/q-2;;;+2/p-2/b21-17+;;;. The molecule has 0 amide bonds. The molecule has 3 aliphatic rings. The van der Waals surface area contributed by atoms with E-state index in [-0.39, 0.29) is 17.1 Å². The Hall–Kier alpha value is -1.83. The Kier molecular flexibility index (Phi) is 15.9. The van der Waals surface area contributed by atoms with Gasteiger partial charge in [0.1, 0.15) is 0 Å². The number of nitrogens with one attached hydrogen (secondary N) is 1. The Balaban J connectivity index is 0.000000808. The number of hydrazone groups is 1. The van der Waals surface area contributed by atoms with Crippen LogP contribution in [-0.2, 0) is 26.7 Å². The normalized spacial score (nSPS) is 21.2. The molecule has 1 radical (unpaired) electrons. The first kappa shape index (κ1) is 28.2. The molecule has 1 saturated heterocycles. The smallest absolute Gasteiger partial charge is 0.655 e. The third-order valence-electron chi connectivity index (χ3n) is 4.66. The predicted octanol–water partition coefficient (Wildman–Crippen LogP) is 1.73. The van der Waals surface area contributed by atoms with Crippen LogP contribution in [0.5, 0.6) is 0 Å². The molecule has 2 aliphatic heterocycles. The first-order valence-corrected chi connectivity index (χ1v) is 10.3. The number of allylic oxidation sites excluding steroid dienone is 2. The van der Waals surface area contributed by atoms with Gasteiger partial charge in [-0.15, -0.1) is 6.54 Å². The van der Waals surface area contributed by atoms with Crippen molar-refractivity contribution in [3.05, 3.63) is 34.7 Å². The van der Waals surface area contributed by atoms with Crippen LogP contribution in [0.15, 0.2) is 29.2 Å². The zero-order valence-corrected chi connectivity index (χ0v) is 19.0. The van der Waals surface area contributed by atoms with Gasteiger partial charge in [-0.05, 0) is 45.0 Å². The topological polar surface area (TPSA) is 133 Å². The van der Waals surface area contributed by atoms with Crippen LogP contribution in [0.2, 0.25) is 0 Å². The predicted molar refractivity (Wildman–Crippen MR) is 110 cm³/mol. The van der Waals surface area contributed by atoms with E-state index in [2.05, 4.69) is 10.7 Å². The van der Waals surface area contributed by atoms with Crippen molar-refractivity contribution < 1.29 is 36.9 Å². The minimum Gasteiger partial charge on any atom is -0.655 e. The van der Waals surface area contributed by atoms with Crippen molar-refractivity contribution >= 4 is 17.7 Å². The van der Waals surface area contributed by atoms with Gasteiger partial charge < -0.3 is 35.9 Å². The number of piperidine rings is 1. The minimum atomic E-state index is -1.08. The molecule has 3 rings (SSSR count). The van der Waals surface area contributed by atoms with E-state index in [1.54, 1.807) is 0 Å². The first-order chi connectivity index (χ1) is 13.9. The molecule has 0 bridgehead atoms. The number of hydrogen-bond acceptors (Lipinski definition) is 6. The van der Waals surface area contributed by atoms with Crippen molar-refractivity contribution in [2.45, 2.75) is 71.3 Å². The number of carbonyl (C=O) groups excluding carboxylic acids is 2. The molecule has 1 unspecified atom stereocenters. The van der Waals surface area contributed by atoms with Crippen LogP contribution in [0.1, 0.15) is 65.2 Å². The second kappa shape index (κ2) is 16.9. The van der Waals surface area contributed by atoms with Crippen molar-refractivity contribution in [1.82, 2.24) is 5.43 Å². The summed E-state index contributed by atoms with van der Waals surface area (Å²) in [6.45, 7) is 3.70. The molecule has 0 aromatic carbocycles. The van der Waals surface area contributed by atoms with Crippen molar-refractivity contribution in [1.29, 1.82) is 0 Å². The SMILES string of the molecule is C1=CC[N-]C(N/N=C(\C2CCCCC2)C2CCCC[N-]2)=C1.CC(=O)[O-].CC(=O)[O-].[Mn+2]. The Morgan fingerprint density at radius 1 is 1.03 bits per heavy atom. The molecule has 8 nitrogen and oxygen atoms in total. The number of nitrogens with zero attached hydrogens (tertiary/aromatic N) is 3. The zero-order chi connectivity index (χ0) is 21.5. The summed E-state index contributed by atoms with van der Waals surface area (Å²) in [5, 5.41) is 31.8. The molecule has 2 heterocycles. The molecular weight excluding hydrogens is 427 g/mol. The van der Waals surface area contributed by atoms with E-state index >= 15 is 0 Å². The maximum Gasteiger partial charge on any atom is 2.00 e. The molecule has 169 valence electrons. The summed E-state index contributed by atoms with van der Waals surface area (Å²) in [5.74, 6) is -0.667. The van der Waals surface area contributed by atoms with Gasteiger partial charge in [0.15, 0.2) is 0 Å². The molecule has 2 fully saturated rings. The maximum atomic E-state index is 8.89. The number of carbonyl (C=O) groups is 2. The average molecular weight is 459 g/mol. The van der Waals surface area contributed by atoms with E-state index in [1.165, 1.54) is 57.1 Å². The molecule has 1 atom stereocenters. The molecular formula is C21H32MnN4O4-2. The van der Waals surface area contributed by atoms with Crippen LogP contribution in [-0.4, -0.2) is 36.8 Å². The van der Waals surface area contributed by atoms with Gasteiger partial charge in [0.25, 0.3) is 0 Å². The van der Waals surface area contributed by atoms with Gasteiger partial charge in [-0.3, -0.25) is 5.10 Å². The third kappa shape index (κ3) is 13.4. The zero-order valence-electron chi connectivity index (χ0n) is 17.8. The van der Waals surface area contributed by atoms with Crippen molar-refractivity contribution in [3.63, 3.8) is 0 Å². The van der Waals surface area contributed by atoms with Crippen molar-refractivity contribution in [3.8, 4) is 0 Å². The number of carboxylic acids is 2. The Morgan fingerprint density at radius 2 is 1.63 bits per heavy atom. The van der Waals surface area contributed by atoms with Gasteiger partial charge in [-0.1, -0.05) is 62.8 Å². The second-order valence-electron chi connectivity index (χ2n) is 7.21. The van der Waals surface area contributed by atoms with E-state index < -0.39 is 11.9 Å².